The van der Waals surface area contributed by atoms with Crippen LogP contribution in [-0.2, 0) is 0 Å². The van der Waals surface area contributed by atoms with E-state index in [1.165, 1.54) is 24.3 Å². The molecule has 3 rings (SSSR count). The van der Waals surface area contributed by atoms with Crippen LogP contribution in [0.4, 0.5) is 8.78 Å². The van der Waals surface area contributed by atoms with Gasteiger partial charge in [0.05, 0.1) is 17.0 Å². The smallest absolute Gasteiger partial charge is 0.338 e. The van der Waals surface area contributed by atoms with Crippen molar-refractivity contribution in [1.29, 1.82) is 0 Å². The number of carboxylic acid groups (broad SMARTS) is 1. The van der Waals surface area contributed by atoms with E-state index in [4.69, 9.17) is 5.11 Å². The topological polar surface area (TPSA) is 66.0 Å². The van der Waals surface area contributed by atoms with Crippen LogP contribution in [0.5, 0.6) is 0 Å². The van der Waals surface area contributed by atoms with Gasteiger partial charge < -0.3 is 5.11 Å². The van der Waals surface area contributed by atoms with E-state index in [-0.39, 0.29) is 5.82 Å². The van der Waals surface area contributed by atoms with Crippen LogP contribution in [-0.4, -0.2) is 21.3 Å². The van der Waals surface area contributed by atoms with Gasteiger partial charge in [-0.2, -0.15) is 5.10 Å². The van der Waals surface area contributed by atoms with Crippen LogP contribution in [0.3, 0.4) is 0 Å². The Balaban J connectivity index is 1.99. The minimum absolute atomic E-state index is 0.340. The Morgan fingerprint density at radius 3 is 2.36 bits per heavy atom. The number of aromatic carboxylic acids is 1. The second kappa shape index (κ2) is 5.40. The number of hydrogen-bond acceptors (Lipinski definition) is 2. The van der Waals surface area contributed by atoms with Crippen molar-refractivity contribution in [3.63, 3.8) is 0 Å². The summed E-state index contributed by atoms with van der Waals surface area (Å²) >= 11 is 0. The number of H-pyrrole nitrogens is 1. The predicted octanol–water partition coefficient (Wildman–Crippen LogP) is 3.72. The fourth-order valence-corrected chi connectivity index (χ4v) is 2.10. The first kappa shape index (κ1) is 13.9. The highest BCUT2D eigenvalue weighted by Crippen LogP contribution is 2.25. The monoisotopic (exact) mass is 300 g/mol. The summed E-state index contributed by atoms with van der Waals surface area (Å²) in [4.78, 5) is 11.0. The third-order valence-corrected chi connectivity index (χ3v) is 3.23. The molecule has 22 heavy (non-hydrogen) atoms. The van der Waals surface area contributed by atoms with Crippen LogP contribution in [0.25, 0.3) is 22.5 Å². The normalized spacial score (nSPS) is 10.6. The molecule has 0 radical (unpaired) electrons. The number of hydrogen-bond donors (Lipinski definition) is 2. The van der Waals surface area contributed by atoms with Crippen LogP contribution in [0.1, 0.15) is 10.4 Å². The third kappa shape index (κ3) is 2.58. The molecule has 0 fully saturated rings. The molecule has 0 spiro atoms. The minimum Gasteiger partial charge on any atom is -0.478 e. The van der Waals surface area contributed by atoms with E-state index in [0.29, 0.717) is 17.0 Å². The van der Waals surface area contributed by atoms with Crippen LogP contribution in [0.2, 0.25) is 0 Å². The highest BCUT2D eigenvalue weighted by Gasteiger charge is 2.13. The fraction of sp³-hybridized carbons (Fsp3) is 0. The lowest BCUT2D eigenvalue weighted by molar-refractivity contribution is 0.0692. The lowest BCUT2D eigenvalue weighted by Gasteiger charge is -2.00. The van der Waals surface area contributed by atoms with Crippen molar-refractivity contribution < 1.29 is 18.7 Å². The Hall–Kier alpha value is -3.02. The van der Waals surface area contributed by atoms with Gasteiger partial charge in [-0.25, -0.2) is 13.6 Å². The number of halogens is 2. The molecule has 0 amide bonds. The lowest BCUT2D eigenvalue weighted by atomic mass is 10.1. The first-order valence-corrected chi connectivity index (χ1v) is 6.39. The first-order chi connectivity index (χ1) is 10.5. The summed E-state index contributed by atoms with van der Waals surface area (Å²) in [5.74, 6) is -2.48. The van der Waals surface area contributed by atoms with E-state index in [0.717, 1.165) is 11.6 Å². The van der Waals surface area contributed by atoms with Crippen LogP contribution >= 0.6 is 0 Å². The van der Waals surface area contributed by atoms with Crippen LogP contribution < -0.4 is 0 Å². The molecular weight excluding hydrogens is 290 g/mol. The summed E-state index contributed by atoms with van der Waals surface area (Å²) in [6.07, 6.45) is 0. The summed E-state index contributed by atoms with van der Waals surface area (Å²) in [5.41, 5.74) is 1.92. The second-order valence-electron chi connectivity index (χ2n) is 4.67. The number of rotatable bonds is 3. The Morgan fingerprint density at radius 1 is 1.00 bits per heavy atom. The maximum absolute atomic E-state index is 13.4. The van der Waals surface area contributed by atoms with E-state index < -0.39 is 17.3 Å². The van der Waals surface area contributed by atoms with Gasteiger partial charge in [0, 0.05) is 5.56 Å². The summed E-state index contributed by atoms with van der Waals surface area (Å²) in [6, 6.07) is 11.3. The molecule has 2 aromatic carbocycles. The average Bonchev–Trinajstić information content (AvgIpc) is 2.98. The van der Waals surface area contributed by atoms with Crippen LogP contribution in [0, 0.1) is 11.6 Å². The average molecular weight is 300 g/mol. The number of nitrogens with zero attached hydrogens (tertiary/aromatic N) is 1. The predicted molar refractivity (Wildman–Crippen MR) is 76.3 cm³/mol. The molecule has 1 aromatic heterocycles. The molecule has 4 nitrogen and oxygen atoms in total. The molecule has 0 bridgehead atoms. The van der Waals surface area contributed by atoms with Gasteiger partial charge in [-0.1, -0.05) is 0 Å². The van der Waals surface area contributed by atoms with Crippen molar-refractivity contribution >= 4 is 5.97 Å². The van der Waals surface area contributed by atoms with Crippen molar-refractivity contribution in [3.8, 4) is 22.5 Å². The maximum Gasteiger partial charge on any atom is 0.338 e. The maximum atomic E-state index is 13.4. The molecule has 0 aliphatic rings. The largest absolute Gasteiger partial charge is 0.478 e. The quantitative estimate of drug-likeness (QED) is 0.774. The number of benzene rings is 2. The highest BCUT2D eigenvalue weighted by molar-refractivity contribution is 5.89. The molecule has 0 saturated carbocycles. The molecular formula is C16H10F2N2O2. The first-order valence-electron chi connectivity index (χ1n) is 6.39. The zero-order chi connectivity index (χ0) is 15.7. The summed E-state index contributed by atoms with van der Waals surface area (Å²) in [5, 5.41) is 15.8. The molecule has 0 unspecified atom stereocenters. The Morgan fingerprint density at radius 2 is 1.68 bits per heavy atom. The van der Waals surface area contributed by atoms with Gasteiger partial charge in [0.15, 0.2) is 0 Å². The van der Waals surface area contributed by atoms with Gasteiger partial charge in [0.25, 0.3) is 0 Å². The third-order valence-electron chi connectivity index (χ3n) is 3.23. The molecule has 0 saturated heterocycles. The number of carbonyl (C=O) groups is 1. The van der Waals surface area contributed by atoms with Gasteiger partial charge in [-0.05, 0) is 54.1 Å². The van der Waals surface area contributed by atoms with E-state index in [9.17, 15) is 13.6 Å². The SMILES string of the molecule is O=C(O)c1cc(-c2cc(-c3ccc(F)cc3)[nH]n2)ccc1F. The molecule has 3 aromatic rings. The van der Waals surface area contributed by atoms with Crippen molar-refractivity contribution in [2.75, 3.05) is 0 Å². The second-order valence-corrected chi connectivity index (χ2v) is 4.67. The molecule has 2 N–H and O–H groups in total. The summed E-state index contributed by atoms with van der Waals surface area (Å²) in [6.45, 7) is 0. The summed E-state index contributed by atoms with van der Waals surface area (Å²) < 4.78 is 26.3. The number of nitrogens with one attached hydrogen (secondary N) is 1. The Bertz CT molecular complexity index is 842. The van der Waals surface area contributed by atoms with E-state index in [2.05, 4.69) is 10.2 Å². The van der Waals surface area contributed by atoms with Crippen molar-refractivity contribution in [1.82, 2.24) is 10.2 Å². The van der Waals surface area contributed by atoms with Crippen molar-refractivity contribution in [3.05, 3.63) is 65.7 Å². The molecule has 0 atom stereocenters. The minimum atomic E-state index is -1.34. The van der Waals surface area contributed by atoms with E-state index >= 15 is 0 Å². The Labute approximate surface area is 124 Å². The van der Waals surface area contributed by atoms with Crippen molar-refractivity contribution in [2.24, 2.45) is 0 Å². The number of aromatic amines is 1. The lowest BCUT2D eigenvalue weighted by Crippen LogP contribution is -2.00. The molecule has 0 aliphatic heterocycles. The van der Waals surface area contributed by atoms with Gasteiger partial charge >= 0.3 is 5.97 Å². The molecule has 6 heteroatoms. The number of carboxylic acids is 1. The van der Waals surface area contributed by atoms with Gasteiger partial charge in [-0.15, -0.1) is 0 Å². The zero-order valence-corrected chi connectivity index (χ0v) is 11.2. The van der Waals surface area contributed by atoms with Crippen LogP contribution in [0.15, 0.2) is 48.5 Å². The molecule has 110 valence electrons. The van der Waals surface area contributed by atoms with Gasteiger partial charge in [-0.3, -0.25) is 5.10 Å². The van der Waals surface area contributed by atoms with Gasteiger partial charge in [0.2, 0.25) is 0 Å². The zero-order valence-electron chi connectivity index (χ0n) is 11.2. The highest BCUT2D eigenvalue weighted by atomic mass is 19.1. The Kier molecular flexibility index (Phi) is 3.42. The summed E-state index contributed by atoms with van der Waals surface area (Å²) in [7, 11) is 0. The molecule has 1 heterocycles. The standard InChI is InChI=1S/C16H10F2N2O2/c17-11-4-1-9(2-5-11)14-8-15(20-19-14)10-3-6-13(18)12(7-10)16(21)22/h1-8H,(H,19,20)(H,21,22). The van der Waals surface area contributed by atoms with E-state index in [1.54, 1.807) is 18.2 Å². The fourth-order valence-electron chi connectivity index (χ4n) is 2.10. The van der Waals surface area contributed by atoms with Crippen molar-refractivity contribution in [2.45, 2.75) is 0 Å². The number of aromatic nitrogens is 2. The molecule has 0 aliphatic carbocycles. The van der Waals surface area contributed by atoms with Gasteiger partial charge in [0.1, 0.15) is 11.6 Å². The van der Waals surface area contributed by atoms with E-state index in [1.807, 2.05) is 0 Å².